The van der Waals surface area contributed by atoms with E-state index < -0.39 is 31.5 Å². The molecule has 0 radical (unpaired) electrons. The van der Waals surface area contributed by atoms with Crippen molar-refractivity contribution in [3.63, 3.8) is 0 Å². The number of amides is 3. The third-order valence-corrected chi connectivity index (χ3v) is 12.5. The Labute approximate surface area is 288 Å². The van der Waals surface area contributed by atoms with Crippen molar-refractivity contribution in [3.05, 3.63) is 108 Å². The highest BCUT2D eigenvalue weighted by molar-refractivity contribution is 6.71. The number of carbonyl (C=O) groups is 3. The summed E-state index contributed by atoms with van der Waals surface area (Å²) in [5, 5.41) is 16.0. The lowest BCUT2D eigenvalue weighted by Crippen LogP contribution is -2.46. The van der Waals surface area contributed by atoms with Crippen molar-refractivity contribution >= 4 is 43.1 Å². The maximum Gasteiger partial charge on any atom is 0.264 e. The number of benzene rings is 3. The fourth-order valence-electron chi connectivity index (χ4n) is 7.82. The molecule has 0 aliphatic carbocycles. The molecule has 0 saturated carbocycles. The highest BCUT2D eigenvalue weighted by Gasteiger charge is 2.66. The number of aliphatic hydroxyl groups is 1. The molecule has 1 spiro atoms. The maximum atomic E-state index is 14.6. The van der Waals surface area contributed by atoms with Gasteiger partial charge in [-0.2, -0.15) is 5.10 Å². The van der Waals surface area contributed by atoms with E-state index in [9.17, 15) is 24.3 Å². The molecule has 49 heavy (non-hydrogen) atoms. The average molecular weight is 681 g/mol. The van der Waals surface area contributed by atoms with E-state index in [0.717, 1.165) is 16.8 Å². The average Bonchev–Trinajstić information content (AvgIpc) is 3.51. The molecule has 1 fully saturated rings. The third-order valence-electron chi connectivity index (χ3n) is 9.98. The Morgan fingerprint density at radius 3 is 2.43 bits per heavy atom. The topological polar surface area (TPSA) is 123 Å². The Morgan fingerprint density at radius 2 is 1.78 bits per heavy atom. The van der Waals surface area contributed by atoms with E-state index in [1.807, 2.05) is 92.8 Å². The van der Waals surface area contributed by atoms with Crippen LogP contribution in [-0.2, 0) is 31.3 Å². The molecule has 10 nitrogen and oxygen atoms in total. The molecule has 3 aromatic carbocycles. The number of hydrazone groups is 1. The van der Waals surface area contributed by atoms with Crippen LogP contribution in [0.5, 0.6) is 0 Å². The highest BCUT2D eigenvalue weighted by atomic mass is 28.4. The predicted octanol–water partition coefficient (Wildman–Crippen LogP) is 4.96. The molecule has 3 aliphatic heterocycles. The molecule has 1 saturated heterocycles. The number of anilines is 2. The fourth-order valence-corrected chi connectivity index (χ4v) is 10.4. The monoisotopic (exact) mass is 680 g/mol. The van der Waals surface area contributed by atoms with Gasteiger partial charge in [0.25, 0.3) is 5.91 Å². The van der Waals surface area contributed by atoms with Crippen molar-refractivity contribution in [3.8, 4) is 0 Å². The van der Waals surface area contributed by atoms with Crippen LogP contribution < -0.4 is 9.91 Å². The third kappa shape index (κ3) is 6.39. The summed E-state index contributed by atoms with van der Waals surface area (Å²) in [4.78, 5) is 56.7. The normalized spacial score (nSPS) is 23.5. The quantitative estimate of drug-likeness (QED) is 0.218. The fraction of sp³-hybridized carbons (Fsp3) is 0.368. The Kier molecular flexibility index (Phi) is 9.72. The molecule has 3 aliphatic rings. The van der Waals surface area contributed by atoms with Crippen LogP contribution >= 0.6 is 0 Å². The first-order valence-electron chi connectivity index (χ1n) is 16.9. The van der Waals surface area contributed by atoms with Gasteiger partial charge in [0.15, 0.2) is 13.9 Å². The highest BCUT2D eigenvalue weighted by Crippen LogP contribution is 2.60. The van der Waals surface area contributed by atoms with E-state index in [2.05, 4.69) is 6.58 Å². The summed E-state index contributed by atoms with van der Waals surface area (Å²) in [6.45, 7) is 9.89. The summed E-state index contributed by atoms with van der Waals surface area (Å²) in [7, 11) is -3.06. The molecule has 3 aromatic rings. The maximum absolute atomic E-state index is 14.6. The van der Waals surface area contributed by atoms with Gasteiger partial charge in [-0.1, -0.05) is 73.7 Å². The summed E-state index contributed by atoms with van der Waals surface area (Å²) >= 11 is 0. The summed E-state index contributed by atoms with van der Waals surface area (Å²) < 4.78 is 6.89. The zero-order valence-electron chi connectivity index (χ0n) is 28.3. The number of rotatable bonds is 11. The summed E-state index contributed by atoms with van der Waals surface area (Å²) in [6.07, 6.45) is 1.62. The molecule has 6 rings (SSSR count). The lowest BCUT2D eigenvalue weighted by molar-refractivity contribution is -0.149. The van der Waals surface area contributed by atoms with Crippen LogP contribution in [0.25, 0.3) is 0 Å². The van der Waals surface area contributed by atoms with Crippen molar-refractivity contribution in [1.29, 1.82) is 0 Å². The van der Waals surface area contributed by atoms with Gasteiger partial charge in [-0.3, -0.25) is 14.4 Å². The Balaban J connectivity index is 1.40. The van der Waals surface area contributed by atoms with Crippen molar-refractivity contribution in [2.24, 2.45) is 11.0 Å². The van der Waals surface area contributed by atoms with E-state index in [4.69, 9.17) is 9.84 Å². The summed E-state index contributed by atoms with van der Waals surface area (Å²) in [6, 6.07) is 24.7. The molecular weight excluding hydrogens is 637 g/mol. The van der Waals surface area contributed by atoms with Crippen molar-refractivity contribution < 1.29 is 29.0 Å². The molecule has 4 atom stereocenters. The van der Waals surface area contributed by atoms with Crippen LogP contribution in [0.3, 0.4) is 0 Å². The number of ether oxygens (including phenoxy) is 1. The standard InChI is InChI=1S/C38H44N4O6Si/c1-5-20-41-32-18-16-29(42-34(44)19-17-31(39-42)28-14-10-7-11-15-28)23-30(32)38(37(41)46)26(2)36(49(3,4)47)33(48-38)24-35(45)40(21-22-43)25-27-12-8-6-9-13-27/h5-16,18,23,26,33,36,43,47H,1,17,19-22,24-25H2,2-4H3/t26-,33+,36-,38+/m1/s1. The van der Waals surface area contributed by atoms with E-state index in [0.29, 0.717) is 29.9 Å². The van der Waals surface area contributed by atoms with Gasteiger partial charge in [-0.05, 0) is 42.4 Å². The van der Waals surface area contributed by atoms with Crippen LogP contribution in [0.4, 0.5) is 11.4 Å². The van der Waals surface area contributed by atoms with Crippen LogP contribution in [-0.4, -0.2) is 72.4 Å². The largest absolute Gasteiger partial charge is 0.432 e. The smallest absolute Gasteiger partial charge is 0.264 e. The molecule has 3 amide bonds. The number of hydrogen-bond donors (Lipinski definition) is 2. The van der Waals surface area contributed by atoms with Crippen LogP contribution in [0, 0.1) is 5.92 Å². The van der Waals surface area contributed by atoms with E-state index in [-0.39, 0.29) is 50.3 Å². The minimum atomic E-state index is -3.06. The lowest BCUT2D eigenvalue weighted by atomic mass is 9.82. The van der Waals surface area contributed by atoms with E-state index in [1.165, 1.54) is 5.01 Å². The second-order valence-corrected chi connectivity index (χ2v) is 17.6. The molecule has 11 heteroatoms. The number of nitrogens with zero attached hydrogens (tertiary/aromatic N) is 4. The molecule has 256 valence electrons. The number of hydrogen-bond acceptors (Lipinski definition) is 7. The van der Waals surface area contributed by atoms with Gasteiger partial charge in [-0.25, -0.2) is 5.01 Å². The minimum absolute atomic E-state index is 0.0698. The minimum Gasteiger partial charge on any atom is -0.432 e. The van der Waals surface area contributed by atoms with Gasteiger partial charge in [0, 0.05) is 49.5 Å². The van der Waals surface area contributed by atoms with E-state index in [1.54, 1.807) is 21.9 Å². The second kappa shape index (κ2) is 13.8. The Morgan fingerprint density at radius 1 is 1.08 bits per heavy atom. The van der Waals surface area contributed by atoms with Crippen molar-refractivity contribution in [2.45, 2.75) is 63.1 Å². The van der Waals surface area contributed by atoms with E-state index >= 15 is 0 Å². The molecule has 0 unspecified atom stereocenters. The molecule has 0 bridgehead atoms. The SMILES string of the molecule is C=CCN1C(=O)[C@@]2(O[C@@H](CC(=O)N(CCO)Cc3ccccc3)[C@H]([Si](C)(C)O)[C@H]2C)c2cc(N3N=C(c4ccccc4)CCC3=O)ccc21. The summed E-state index contributed by atoms with van der Waals surface area (Å²) in [5.41, 5.74) is 2.38. The van der Waals surface area contributed by atoms with Crippen molar-refractivity contribution in [1.82, 2.24) is 4.90 Å². The van der Waals surface area contributed by atoms with Gasteiger partial charge in [-0.15, -0.1) is 6.58 Å². The first kappa shape index (κ1) is 34.4. The number of aliphatic hydroxyl groups excluding tert-OH is 1. The zero-order chi connectivity index (χ0) is 34.9. The molecular formula is C38H44N4O6Si. The van der Waals surface area contributed by atoms with Crippen LogP contribution in [0.2, 0.25) is 18.6 Å². The van der Waals surface area contributed by atoms with Crippen LogP contribution in [0.1, 0.15) is 42.9 Å². The first-order chi connectivity index (χ1) is 23.5. The number of carbonyl (C=O) groups excluding carboxylic acids is 3. The summed E-state index contributed by atoms with van der Waals surface area (Å²) in [5.74, 6) is -1.19. The predicted molar refractivity (Wildman–Crippen MR) is 191 cm³/mol. The molecule has 3 heterocycles. The Bertz CT molecular complexity index is 1760. The number of fused-ring (bicyclic) bond motifs is 2. The second-order valence-electron chi connectivity index (χ2n) is 13.6. The molecule has 0 aromatic heterocycles. The van der Waals surface area contributed by atoms with Crippen LogP contribution in [0.15, 0.2) is 96.6 Å². The first-order valence-corrected chi connectivity index (χ1v) is 19.9. The lowest BCUT2D eigenvalue weighted by Gasteiger charge is -2.33. The Hall–Kier alpha value is -4.42. The zero-order valence-corrected chi connectivity index (χ0v) is 29.3. The molecule has 2 N–H and O–H groups in total. The van der Waals surface area contributed by atoms with Gasteiger partial charge < -0.3 is 24.4 Å². The van der Waals surface area contributed by atoms with Crippen molar-refractivity contribution in [2.75, 3.05) is 29.6 Å². The van der Waals surface area contributed by atoms with Gasteiger partial charge in [0.2, 0.25) is 11.8 Å². The van der Waals surface area contributed by atoms with Gasteiger partial charge >= 0.3 is 0 Å². The van der Waals surface area contributed by atoms with Gasteiger partial charge in [0.05, 0.1) is 36.2 Å². The van der Waals surface area contributed by atoms with Gasteiger partial charge in [0.1, 0.15) is 0 Å².